The first-order valence-corrected chi connectivity index (χ1v) is 10.4. The van der Waals surface area contributed by atoms with Crippen molar-refractivity contribution in [1.29, 1.82) is 0 Å². The summed E-state index contributed by atoms with van der Waals surface area (Å²) in [7, 11) is 0. The zero-order chi connectivity index (χ0) is 20.2. The van der Waals surface area contributed by atoms with E-state index in [4.69, 9.17) is 15.2 Å². The molecule has 1 saturated heterocycles. The second-order valence-electron chi connectivity index (χ2n) is 7.12. The number of carbonyl (C=O) groups is 1. The van der Waals surface area contributed by atoms with E-state index in [1.54, 1.807) is 6.20 Å². The fraction of sp³-hybridized carbons (Fsp3) is 0.333. The highest BCUT2D eigenvalue weighted by Gasteiger charge is 2.20. The van der Waals surface area contributed by atoms with E-state index in [0.717, 1.165) is 33.9 Å². The number of nitrogens with one attached hydrogen (secondary N) is 2. The van der Waals surface area contributed by atoms with Crippen LogP contribution in [0.3, 0.4) is 0 Å². The van der Waals surface area contributed by atoms with Crippen molar-refractivity contribution in [2.75, 3.05) is 13.2 Å². The Morgan fingerprint density at radius 1 is 1.31 bits per heavy atom. The summed E-state index contributed by atoms with van der Waals surface area (Å²) in [5.41, 5.74) is 7.84. The number of aromatic amines is 1. The maximum absolute atomic E-state index is 12.3. The molecule has 3 aromatic rings. The van der Waals surface area contributed by atoms with E-state index in [1.165, 1.54) is 0 Å². The topological polar surface area (TPSA) is 102 Å². The average molecular weight is 459 g/mol. The first-order valence-electron chi connectivity index (χ1n) is 9.62. The summed E-state index contributed by atoms with van der Waals surface area (Å²) in [6.45, 7) is 1.37. The van der Waals surface area contributed by atoms with Crippen molar-refractivity contribution in [2.45, 2.75) is 31.3 Å². The zero-order valence-corrected chi connectivity index (χ0v) is 17.4. The Kier molecular flexibility index (Phi) is 6.13. The largest absolute Gasteiger partial charge is 0.457 e. The molecular weight excluding hydrogens is 436 g/mol. The van der Waals surface area contributed by atoms with Gasteiger partial charge in [0.2, 0.25) is 5.91 Å². The molecule has 7 nitrogen and oxygen atoms in total. The number of hydrogen-bond acceptors (Lipinski definition) is 5. The Morgan fingerprint density at radius 3 is 2.83 bits per heavy atom. The minimum atomic E-state index is -0.583. The number of ether oxygens (including phenoxy) is 2. The lowest BCUT2D eigenvalue weighted by Gasteiger charge is -2.24. The van der Waals surface area contributed by atoms with Crippen LogP contribution in [0.2, 0.25) is 0 Å². The summed E-state index contributed by atoms with van der Waals surface area (Å²) in [6, 6.07) is 9.02. The van der Waals surface area contributed by atoms with E-state index in [1.807, 2.05) is 36.5 Å². The van der Waals surface area contributed by atoms with Crippen molar-refractivity contribution >= 4 is 32.9 Å². The lowest BCUT2D eigenvalue weighted by Crippen LogP contribution is -2.48. The van der Waals surface area contributed by atoms with Crippen molar-refractivity contribution in [1.82, 2.24) is 15.3 Å². The van der Waals surface area contributed by atoms with Gasteiger partial charge in [0.1, 0.15) is 17.1 Å². The second-order valence-corrected chi connectivity index (χ2v) is 7.98. The monoisotopic (exact) mass is 458 g/mol. The van der Waals surface area contributed by atoms with Gasteiger partial charge in [-0.25, -0.2) is 4.98 Å². The molecule has 0 saturated carbocycles. The van der Waals surface area contributed by atoms with E-state index < -0.39 is 6.04 Å². The first kappa shape index (κ1) is 19.9. The molecule has 1 aromatic carbocycles. The van der Waals surface area contributed by atoms with Crippen LogP contribution >= 0.6 is 15.9 Å². The molecule has 1 fully saturated rings. The zero-order valence-electron chi connectivity index (χ0n) is 15.9. The summed E-state index contributed by atoms with van der Waals surface area (Å²) in [5, 5.41) is 3.91. The molecule has 0 radical (unpaired) electrons. The highest BCUT2D eigenvalue weighted by Crippen LogP contribution is 2.33. The molecule has 3 heterocycles. The Balaban J connectivity index is 1.37. The van der Waals surface area contributed by atoms with Gasteiger partial charge in [-0.2, -0.15) is 0 Å². The molecule has 29 heavy (non-hydrogen) atoms. The maximum Gasteiger partial charge on any atom is 0.237 e. The lowest BCUT2D eigenvalue weighted by atomic mass is 10.0. The molecule has 1 amide bonds. The van der Waals surface area contributed by atoms with Gasteiger partial charge < -0.3 is 25.5 Å². The number of carbonyl (C=O) groups excluding carboxylic acids is 1. The van der Waals surface area contributed by atoms with Gasteiger partial charge in [0.05, 0.1) is 11.4 Å². The summed E-state index contributed by atoms with van der Waals surface area (Å²) in [6.07, 6.45) is 5.68. The van der Waals surface area contributed by atoms with Crippen LogP contribution in [-0.2, 0) is 16.0 Å². The number of H-pyrrole nitrogens is 1. The normalized spacial score (nSPS) is 15.9. The van der Waals surface area contributed by atoms with Crippen LogP contribution in [0.25, 0.3) is 11.0 Å². The van der Waals surface area contributed by atoms with E-state index in [2.05, 4.69) is 31.2 Å². The molecule has 1 aliphatic rings. The van der Waals surface area contributed by atoms with Crippen molar-refractivity contribution in [3.63, 3.8) is 0 Å². The van der Waals surface area contributed by atoms with Gasteiger partial charge in [-0.15, -0.1) is 0 Å². The number of nitrogens with zero attached hydrogens (tertiary/aromatic N) is 1. The van der Waals surface area contributed by atoms with Crippen molar-refractivity contribution in [2.24, 2.45) is 5.73 Å². The number of nitrogens with two attached hydrogens (primary N) is 1. The molecule has 1 atom stereocenters. The Bertz CT molecular complexity index is 983. The van der Waals surface area contributed by atoms with Crippen LogP contribution in [0, 0.1) is 0 Å². The number of halogens is 1. The Labute approximate surface area is 177 Å². The number of amides is 1. The third kappa shape index (κ3) is 4.77. The number of rotatable bonds is 6. The van der Waals surface area contributed by atoms with Crippen molar-refractivity contribution in [3.8, 4) is 11.5 Å². The summed E-state index contributed by atoms with van der Waals surface area (Å²) in [5.74, 6) is 1.30. The van der Waals surface area contributed by atoms with E-state index in [-0.39, 0.29) is 11.9 Å². The molecule has 2 aromatic heterocycles. The average Bonchev–Trinajstić information content (AvgIpc) is 3.12. The fourth-order valence-corrected chi connectivity index (χ4v) is 3.89. The first-order chi connectivity index (χ1) is 14.1. The van der Waals surface area contributed by atoms with Crippen LogP contribution in [-0.4, -0.2) is 41.2 Å². The molecule has 0 unspecified atom stereocenters. The highest BCUT2D eigenvalue weighted by molar-refractivity contribution is 9.10. The molecule has 0 spiro atoms. The molecule has 4 N–H and O–H groups in total. The number of benzene rings is 1. The van der Waals surface area contributed by atoms with Crippen LogP contribution in [0.5, 0.6) is 11.5 Å². The molecule has 0 bridgehead atoms. The van der Waals surface area contributed by atoms with Gasteiger partial charge in [-0.05, 0) is 59.0 Å². The summed E-state index contributed by atoms with van der Waals surface area (Å²) >= 11 is 3.51. The number of pyridine rings is 1. The molecule has 152 valence electrons. The van der Waals surface area contributed by atoms with Gasteiger partial charge in [-0.3, -0.25) is 4.79 Å². The predicted octanol–water partition coefficient (Wildman–Crippen LogP) is 3.28. The van der Waals surface area contributed by atoms with Gasteiger partial charge in [0, 0.05) is 36.1 Å². The van der Waals surface area contributed by atoms with E-state index >= 15 is 0 Å². The van der Waals surface area contributed by atoms with Gasteiger partial charge in [0.15, 0.2) is 0 Å². The third-order valence-electron chi connectivity index (χ3n) is 5.00. The minimum absolute atomic E-state index is 0.117. The third-order valence-corrected chi connectivity index (χ3v) is 5.62. The second kappa shape index (κ2) is 8.94. The molecule has 4 rings (SSSR count). The van der Waals surface area contributed by atoms with Crippen LogP contribution < -0.4 is 15.8 Å². The maximum atomic E-state index is 12.3. The molecular formula is C21H23BrN4O3. The number of fused-ring (bicyclic) bond motifs is 1. The van der Waals surface area contributed by atoms with Crippen LogP contribution in [0.4, 0.5) is 0 Å². The van der Waals surface area contributed by atoms with Gasteiger partial charge >= 0.3 is 0 Å². The predicted molar refractivity (Wildman–Crippen MR) is 114 cm³/mol. The van der Waals surface area contributed by atoms with Crippen molar-refractivity contribution in [3.05, 3.63) is 52.8 Å². The fourth-order valence-electron chi connectivity index (χ4n) is 3.39. The highest BCUT2D eigenvalue weighted by atomic mass is 79.9. The SMILES string of the molecule is N[C@@H](Cc1ccc(Oc2ccnc3[nH]cc(Br)c23)cc1)C(=O)NC1CCOCC1. The smallest absolute Gasteiger partial charge is 0.237 e. The quantitative estimate of drug-likeness (QED) is 0.525. The van der Waals surface area contributed by atoms with Gasteiger partial charge in [0.25, 0.3) is 0 Å². The van der Waals surface area contributed by atoms with Crippen LogP contribution in [0.1, 0.15) is 18.4 Å². The summed E-state index contributed by atoms with van der Waals surface area (Å²) in [4.78, 5) is 19.7. The Morgan fingerprint density at radius 2 is 2.07 bits per heavy atom. The lowest BCUT2D eigenvalue weighted by molar-refractivity contribution is -0.123. The van der Waals surface area contributed by atoms with E-state index in [9.17, 15) is 4.79 Å². The van der Waals surface area contributed by atoms with Crippen molar-refractivity contribution < 1.29 is 14.3 Å². The van der Waals surface area contributed by atoms with Gasteiger partial charge in [-0.1, -0.05) is 12.1 Å². The molecule has 8 heteroatoms. The summed E-state index contributed by atoms with van der Waals surface area (Å²) < 4.78 is 12.2. The molecule has 1 aliphatic heterocycles. The number of aromatic nitrogens is 2. The minimum Gasteiger partial charge on any atom is -0.457 e. The Hall–Kier alpha value is -2.42. The van der Waals surface area contributed by atoms with E-state index in [0.29, 0.717) is 31.1 Å². The molecule has 0 aliphatic carbocycles. The van der Waals surface area contributed by atoms with Crippen LogP contribution in [0.15, 0.2) is 47.2 Å². The standard InChI is InChI=1S/C21H23BrN4O3/c22-16-12-25-20-19(16)18(5-8-24-20)29-15-3-1-13(2-4-15)11-17(23)21(27)26-14-6-9-28-10-7-14/h1-5,8,12,14,17H,6-7,9-11,23H2,(H,24,25)(H,26,27)/t17-/m0/s1. The number of hydrogen-bond donors (Lipinski definition) is 3.